The number of rotatable bonds is 4. The molecule has 1 aliphatic rings. The van der Waals surface area contributed by atoms with Crippen molar-refractivity contribution in [3.8, 4) is 0 Å². The molecule has 6 nitrogen and oxygen atoms in total. The molecule has 0 aliphatic carbocycles. The maximum atomic E-state index is 12.7. The first-order chi connectivity index (χ1) is 11.8. The summed E-state index contributed by atoms with van der Waals surface area (Å²) in [6.07, 6.45) is 0. The zero-order valence-electron chi connectivity index (χ0n) is 15.5. The molecule has 0 spiro atoms. The minimum absolute atomic E-state index is 0.0269. The average molecular weight is 345 g/mol. The molecule has 1 aromatic carbocycles. The van der Waals surface area contributed by atoms with Gasteiger partial charge in [0.05, 0.1) is 0 Å². The molecule has 25 heavy (non-hydrogen) atoms. The third-order valence-corrected chi connectivity index (χ3v) is 4.60. The number of hydrogen-bond donors (Lipinski definition) is 0. The van der Waals surface area contributed by atoms with Crippen molar-refractivity contribution in [3.05, 3.63) is 29.8 Å². The fraction of sp³-hybridized carbons (Fsp3) is 0.526. The highest BCUT2D eigenvalue weighted by molar-refractivity contribution is 5.98. The maximum Gasteiger partial charge on any atom is 0.242 e. The van der Waals surface area contributed by atoms with Crippen LogP contribution in [0, 0.1) is 0 Å². The minimum Gasteiger partial charge on any atom is -0.339 e. The van der Waals surface area contributed by atoms with Gasteiger partial charge in [0.2, 0.25) is 17.7 Å². The molecule has 3 amide bonds. The Morgan fingerprint density at radius 1 is 1.00 bits per heavy atom. The molecule has 1 fully saturated rings. The number of para-hydroxylation sites is 1. The Morgan fingerprint density at radius 3 is 2.08 bits per heavy atom. The van der Waals surface area contributed by atoms with E-state index in [0.29, 0.717) is 26.2 Å². The van der Waals surface area contributed by atoms with E-state index in [2.05, 4.69) is 13.8 Å². The van der Waals surface area contributed by atoms with Gasteiger partial charge in [-0.3, -0.25) is 14.4 Å². The van der Waals surface area contributed by atoms with Crippen molar-refractivity contribution in [1.82, 2.24) is 9.80 Å². The van der Waals surface area contributed by atoms with E-state index in [-0.39, 0.29) is 30.2 Å². The summed E-state index contributed by atoms with van der Waals surface area (Å²) in [4.78, 5) is 41.3. The number of carbonyl (C=O) groups is 3. The SMILES string of the molecule is CC(=O)N1CCN(C(=O)CN(C(C)=O)c2ccccc2C(C)C)CC1. The van der Waals surface area contributed by atoms with Gasteiger partial charge in [-0.05, 0) is 17.5 Å². The van der Waals surface area contributed by atoms with Crippen LogP contribution in [0.2, 0.25) is 0 Å². The van der Waals surface area contributed by atoms with E-state index in [9.17, 15) is 14.4 Å². The molecule has 0 aromatic heterocycles. The smallest absolute Gasteiger partial charge is 0.242 e. The highest BCUT2D eigenvalue weighted by Gasteiger charge is 2.26. The fourth-order valence-electron chi connectivity index (χ4n) is 3.09. The van der Waals surface area contributed by atoms with Gasteiger partial charge in [0.25, 0.3) is 0 Å². The second-order valence-corrected chi connectivity index (χ2v) is 6.71. The van der Waals surface area contributed by atoms with Gasteiger partial charge in [0.15, 0.2) is 0 Å². The van der Waals surface area contributed by atoms with Crippen LogP contribution in [-0.4, -0.2) is 60.2 Å². The van der Waals surface area contributed by atoms with Gasteiger partial charge in [0.1, 0.15) is 6.54 Å². The van der Waals surface area contributed by atoms with E-state index in [4.69, 9.17) is 0 Å². The Morgan fingerprint density at radius 2 is 1.56 bits per heavy atom. The van der Waals surface area contributed by atoms with Crippen LogP contribution >= 0.6 is 0 Å². The van der Waals surface area contributed by atoms with Gasteiger partial charge in [-0.15, -0.1) is 0 Å². The van der Waals surface area contributed by atoms with Crippen molar-refractivity contribution in [2.75, 3.05) is 37.6 Å². The lowest BCUT2D eigenvalue weighted by atomic mass is 10.0. The molecule has 0 atom stereocenters. The molecule has 0 saturated carbocycles. The van der Waals surface area contributed by atoms with Crippen LogP contribution < -0.4 is 4.90 Å². The summed E-state index contributed by atoms with van der Waals surface area (Å²) in [5, 5.41) is 0. The molecule has 0 bridgehead atoms. The largest absolute Gasteiger partial charge is 0.339 e. The normalized spacial score (nSPS) is 14.6. The van der Waals surface area contributed by atoms with Gasteiger partial charge in [-0.25, -0.2) is 0 Å². The van der Waals surface area contributed by atoms with Crippen molar-refractivity contribution in [2.24, 2.45) is 0 Å². The van der Waals surface area contributed by atoms with E-state index >= 15 is 0 Å². The summed E-state index contributed by atoms with van der Waals surface area (Å²) in [6.45, 7) is 9.30. The second kappa shape index (κ2) is 8.14. The minimum atomic E-state index is -0.149. The summed E-state index contributed by atoms with van der Waals surface area (Å²) in [6, 6.07) is 7.71. The number of anilines is 1. The summed E-state index contributed by atoms with van der Waals surface area (Å²) in [5.41, 5.74) is 1.84. The molecule has 0 unspecified atom stereocenters. The number of hydrogen-bond acceptors (Lipinski definition) is 3. The molecule has 1 aliphatic heterocycles. The number of benzene rings is 1. The third-order valence-electron chi connectivity index (χ3n) is 4.60. The highest BCUT2D eigenvalue weighted by Crippen LogP contribution is 2.27. The van der Waals surface area contributed by atoms with E-state index in [1.54, 1.807) is 14.7 Å². The molecule has 136 valence electrons. The lowest BCUT2D eigenvalue weighted by Gasteiger charge is -2.35. The molecule has 1 aromatic rings. The van der Waals surface area contributed by atoms with Crippen LogP contribution in [0.4, 0.5) is 5.69 Å². The summed E-state index contributed by atoms with van der Waals surface area (Å²) < 4.78 is 0. The van der Waals surface area contributed by atoms with E-state index in [0.717, 1.165) is 11.3 Å². The van der Waals surface area contributed by atoms with Crippen molar-refractivity contribution in [3.63, 3.8) is 0 Å². The van der Waals surface area contributed by atoms with Gasteiger partial charge in [0, 0.05) is 45.7 Å². The monoisotopic (exact) mass is 345 g/mol. The first-order valence-corrected chi connectivity index (χ1v) is 8.71. The lowest BCUT2D eigenvalue weighted by Crippen LogP contribution is -2.52. The number of piperazine rings is 1. The quantitative estimate of drug-likeness (QED) is 0.837. The molecule has 2 rings (SSSR count). The molecule has 0 N–H and O–H groups in total. The van der Waals surface area contributed by atoms with Crippen molar-refractivity contribution in [1.29, 1.82) is 0 Å². The molecule has 0 radical (unpaired) electrons. The summed E-state index contributed by atoms with van der Waals surface area (Å²) in [5.74, 6) is 0.0522. The molecular weight excluding hydrogens is 318 g/mol. The van der Waals surface area contributed by atoms with Crippen LogP contribution in [0.25, 0.3) is 0 Å². The topological polar surface area (TPSA) is 60.9 Å². The lowest BCUT2D eigenvalue weighted by molar-refractivity contribution is -0.137. The number of amides is 3. The third kappa shape index (κ3) is 4.59. The van der Waals surface area contributed by atoms with Crippen molar-refractivity contribution < 1.29 is 14.4 Å². The Bertz CT molecular complexity index is 649. The van der Waals surface area contributed by atoms with Gasteiger partial charge in [-0.2, -0.15) is 0 Å². The summed E-state index contributed by atoms with van der Waals surface area (Å²) in [7, 11) is 0. The van der Waals surface area contributed by atoms with Crippen LogP contribution in [0.5, 0.6) is 0 Å². The van der Waals surface area contributed by atoms with Crippen LogP contribution in [0.15, 0.2) is 24.3 Å². The molecule has 6 heteroatoms. The zero-order chi connectivity index (χ0) is 18.6. The van der Waals surface area contributed by atoms with Crippen molar-refractivity contribution >= 4 is 23.4 Å². The maximum absolute atomic E-state index is 12.7. The number of carbonyl (C=O) groups excluding carboxylic acids is 3. The molecular formula is C19H27N3O3. The summed E-state index contributed by atoms with van der Waals surface area (Å²) >= 11 is 0. The fourth-order valence-corrected chi connectivity index (χ4v) is 3.09. The predicted molar refractivity (Wildman–Crippen MR) is 97.4 cm³/mol. The van der Waals surface area contributed by atoms with Crippen LogP contribution in [0.1, 0.15) is 39.2 Å². The first-order valence-electron chi connectivity index (χ1n) is 8.71. The molecule has 1 saturated heterocycles. The van der Waals surface area contributed by atoms with Gasteiger partial charge >= 0.3 is 0 Å². The zero-order valence-corrected chi connectivity index (χ0v) is 15.5. The Hall–Kier alpha value is -2.37. The van der Waals surface area contributed by atoms with E-state index in [1.807, 2.05) is 24.3 Å². The standard InChI is InChI=1S/C19H27N3O3/c1-14(2)17-7-5-6-8-18(17)22(16(4)24)13-19(25)21-11-9-20(10-12-21)15(3)23/h5-8,14H,9-13H2,1-4H3. The highest BCUT2D eigenvalue weighted by atomic mass is 16.2. The molecule has 1 heterocycles. The van der Waals surface area contributed by atoms with Crippen LogP contribution in [0.3, 0.4) is 0 Å². The van der Waals surface area contributed by atoms with E-state index < -0.39 is 0 Å². The Balaban J connectivity index is 2.11. The Labute approximate surface area is 149 Å². The first kappa shape index (κ1) is 19.0. The van der Waals surface area contributed by atoms with Crippen molar-refractivity contribution in [2.45, 2.75) is 33.6 Å². The van der Waals surface area contributed by atoms with Gasteiger partial charge < -0.3 is 14.7 Å². The van der Waals surface area contributed by atoms with Gasteiger partial charge in [-0.1, -0.05) is 32.0 Å². The van der Waals surface area contributed by atoms with Crippen LogP contribution in [-0.2, 0) is 14.4 Å². The second-order valence-electron chi connectivity index (χ2n) is 6.71. The van der Waals surface area contributed by atoms with E-state index in [1.165, 1.54) is 13.8 Å². The average Bonchev–Trinajstić information content (AvgIpc) is 2.59. The predicted octanol–water partition coefficient (Wildman–Crippen LogP) is 1.85. The Kier molecular flexibility index (Phi) is 6.17. The number of nitrogens with zero attached hydrogens (tertiary/aromatic N) is 3.